The molecule has 0 spiro atoms. The molecule has 2 rings (SSSR count). The van der Waals surface area contributed by atoms with Crippen molar-refractivity contribution in [2.75, 3.05) is 11.1 Å². The molecule has 4 nitrogen and oxygen atoms in total. The summed E-state index contributed by atoms with van der Waals surface area (Å²) in [5, 5.41) is 12.3. The molecule has 20 heavy (non-hydrogen) atoms. The highest BCUT2D eigenvalue weighted by atomic mass is 19.1. The fourth-order valence-corrected chi connectivity index (χ4v) is 1.87. The molecular formula is C15H15FN2O2. The number of hydrogen-bond acceptors (Lipinski definition) is 3. The van der Waals surface area contributed by atoms with Crippen molar-refractivity contribution in [1.29, 1.82) is 0 Å². The van der Waals surface area contributed by atoms with Crippen LogP contribution in [-0.4, -0.2) is 11.0 Å². The van der Waals surface area contributed by atoms with Crippen LogP contribution >= 0.6 is 0 Å². The van der Waals surface area contributed by atoms with Crippen LogP contribution in [0.4, 0.5) is 15.8 Å². The number of benzene rings is 2. The Morgan fingerprint density at radius 2 is 1.90 bits per heavy atom. The van der Waals surface area contributed by atoms with Gasteiger partial charge in [0.15, 0.2) is 0 Å². The molecule has 5 heteroatoms. The molecule has 0 saturated carbocycles. The zero-order valence-electron chi connectivity index (χ0n) is 11.2. The average molecular weight is 274 g/mol. The summed E-state index contributed by atoms with van der Waals surface area (Å²) in [6.45, 7) is 3.50. The number of phenolic OH excluding ortho intramolecular Hbond substituents is 1. The Morgan fingerprint density at radius 1 is 1.20 bits per heavy atom. The van der Waals surface area contributed by atoms with E-state index >= 15 is 0 Å². The average Bonchev–Trinajstić information content (AvgIpc) is 2.35. The lowest BCUT2D eigenvalue weighted by Gasteiger charge is -2.11. The van der Waals surface area contributed by atoms with E-state index in [-0.39, 0.29) is 17.0 Å². The van der Waals surface area contributed by atoms with Gasteiger partial charge in [0.2, 0.25) is 0 Å². The van der Waals surface area contributed by atoms with Crippen LogP contribution in [-0.2, 0) is 0 Å². The number of phenols is 1. The summed E-state index contributed by atoms with van der Waals surface area (Å²) in [4.78, 5) is 12.1. The molecule has 0 saturated heterocycles. The molecule has 104 valence electrons. The number of carbonyl (C=O) groups excluding carboxylic acids is 1. The number of nitrogen functional groups attached to an aromatic ring is 1. The first kappa shape index (κ1) is 13.9. The van der Waals surface area contributed by atoms with Crippen molar-refractivity contribution < 1.29 is 14.3 Å². The molecule has 0 heterocycles. The van der Waals surface area contributed by atoms with Crippen molar-refractivity contribution in [1.82, 2.24) is 0 Å². The third-order valence-corrected chi connectivity index (χ3v) is 3.05. The number of aromatic hydroxyl groups is 1. The van der Waals surface area contributed by atoms with Crippen LogP contribution in [0, 0.1) is 19.7 Å². The fraction of sp³-hybridized carbons (Fsp3) is 0.133. The minimum Gasteiger partial charge on any atom is -0.508 e. The molecule has 0 aromatic heterocycles. The fourth-order valence-electron chi connectivity index (χ4n) is 1.87. The highest BCUT2D eigenvalue weighted by Crippen LogP contribution is 2.26. The van der Waals surface area contributed by atoms with Crippen molar-refractivity contribution in [3.05, 3.63) is 52.8 Å². The van der Waals surface area contributed by atoms with E-state index in [0.717, 1.165) is 11.6 Å². The van der Waals surface area contributed by atoms with Gasteiger partial charge in [-0.25, -0.2) is 4.39 Å². The minimum absolute atomic E-state index is 0.0793. The molecular weight excluding hydrogens is 259 g/mol. The zero-order valence-corrected chi connectivity index (χ0v) is 11.2. The molecule has 0 aliphatic carbocycles. The highest BCUT2D eigenvalue weighted by Gasteiger charge is 2.12. The second kappa shape index (κ2) is 5.21. The number of amides is 1. The first-order valence-electron chi connectivity index (χ1n) is 6.05. The number of aryl methyl sites for hydroxylation is 2. The maximum atomic E-state index is 13.0. The van der Waals surface area contributed by atoms with Crippen molar-refractivity contribution in [3.63, 3.8) is 0 Å². The first-order valence-corrected chi connectivity index (χ1v) is 6.05. The van der Waals surface area contributed by atoms with Crippen LogP contribution < -0.4 is 11.1 Å². The predicted octanol–water partition coefficient (Wildman–Crippen LogP) is 2.98. The third-order valence-electron chi connectivity index (χ3n) is 3.05. The van der Waals surface area contributed by atoms with Gasteiger partial charge in [-0.1, -0.05) is 0 Å². The van der Waals surface area contributed by atoms with E-state index in [2.05, 4.69) is 5.32 Å². The molecule has 0 atom stereocenters. The molecule has 4 N–H and O–H groups in total. The number of halogens is 1. The summed E-state index contributed by atoms with van der Waals surface area (Å²) < 4.78 is 13.0. The molecule has 0 unspecified atom stereocenters. The van der Waals surface area contributed by atoms with Crippen LogP contribution in [0.15, 0.2) is 30.3 Å². The van der Waals surface area contributed by atoms with Crippen LogP contribution in [0.3, 0.4) is 0 Å². The van der Waals surface area contributed by atoms with Crippen molar-refractivity contribution in [3.8, 4) is 5.75 Å². The number of nitrogens with one attached hydrogen (secondary N) is 1. The standard InChI is InChI=1S/C15H15FN2O2/c1-8-6-14(19)9(2)5-13(8)18-15(20)11-4-3-10(16)7-12(11)17/h3-7,19H,17H2,1-2H3,(H,18,20). The first-order chi connectivity index (χ1) is 9.38. The van der Waals surface area contributed by atoms with Gasteiger partial charge in [0.1, 0.15) is 11.6 Å². The molecule has 0 bridgehead atoms. The predicted molar refractivity (Wildman–Crippen MR) is 76.3 cm³/mol. The molecule has 0 aliphatic rings. The Kier molecular flexibility index (Phi) is 3.61. The zero-order chi connectivity index (χ0) is 14.9. The van der Waals surface area contributed by atoms with Crippen molar-refractivity contribution >= 4 is 17.3 Å². The molecule has 0 aliphatic heterocycles. The summed E-state index contributed by atoms with van der Waals surface area (Å²) in [6, 6.07) is 6.86. The number of carbonyl (C=O) groups is 1. The van der Waals surface area contributed by atoms with Crippen LogP contribution in [0.5, 0.6) is 5.75 Å². The van der Waals surface area contributed by atoms with E-state index in [1.54, 1.807) is 26.0 Å². The largest absolute Gasteiger partial charge is 0.508 e. The Hall–Kier alpha value is -2.56. The Balaban J connectivity index is 2.30. The van der Waals surface area contributed by atoms with Gasteiger partial charge >= 0.3 is 0 Å². The van der Waals surface area contributed by atoms with Gasteiger partial charge in [0.25, 0.3) is 5.91 Å². The topological polar surface area (TPSA) is 75.4 Å². The minimum atomic E-state index is -0.490. The lowest BCUT2D eigenvalue weighted by molar-refractivity contribution is 0.102. The van der Waals surface area contributed by atoms with E-state index < -0.39 is 11.7 Å². The maximum Gasteiger partial charge on any atom is 0.257 e. The Bertz CT molecular complexity index is 684. The number of nitrogens with two attached hydrogens (primary N) is 1. The maximum absolute atomic E-state index is 13.0. The molecule has 2 aromatic carbocycles. The van der Waals surface area contributed by atoms with Gasteiger partial charge in [-0.2, -0.15) is 0 Å². The number of rotatable bonds is 2. The second-order valence-electron chi connectivity index (χ2n) is 4.64. The van der Waals surface area contributed by atoms with Gasteiger partial charge < -0.3 is 16.2 Å². The van der Waals surface area contributed by atoms with E-state index in [1.807, 2.05) is 0 Å². The lowest BCUT2D eigenvalue weighted by atomic mass is 10.1. The molecule has 1 amide bonds. The molecule has 2 aromatic rings. The summed E-state index contributed by atoms with van der Waals surface area (Å²) in [5.41, 5.74) is 7.86. The summed E-state index contributed by atoms with van der Waals surface area (Å²) in [7, 11) is 0. The Morgan fingerprint density at radius 3 is 2.55 bits per heavy atom. The Labute approximate surface area is 116 Å². The van der Waals surface area contributed by atoms with E-state index in [9.17, 15) is 14.3 Å². The smallest absolute Gasteiger partial charge is 0.257 e. The van der Waals surface area contributed by atoms with Crippen LogP contribution in [0.25, 0.3) is 0 Å². The van der Waals surface area contributed by atoms with Crippen LogP contribution in [0.2, 0.25) is 0 Å². The van der Waals surface area contributed by atoms with E-state index in [0.29, 0.717) is 11.3 Å². The third kappa shape index (κ3) is 2.71. The van der Waals surface area contributed by atoms with Gasteiger partial charge in [-0.05, 0) is 55.3 Å². The number of anilines is 2. The van der Waals surface area contributed by atoms with Crippen molar-refractivity contribution in [2.45, 2.75) is 13.8 Å². The molecule has 0 radical (unpaired) electrons. The van der Waals surface area contributed by atoms with Gasteiger partial charge in [0, 0.05) is 11.4 Å². The molecule has 0 fully saturated rings. The highest BCUT2D eigenvalue weighted by molar-refractivity contribution is 6.08. The van der Waals surface area contributed by atoms with E-state index in [4.69, 9.17) is 5.73 Å². The van der Waals surface area contributed by atoms with Gasteiger partial charge in [0.05, 0.1) is 5.56 Å². The van der Waals surface area contributed by atoms with Gasteiger partial charge in [-0.15, -0.1) is 0 Å². The van der Waals surface area contributed by atoms with Crippen LogP contribution in [0.1, 0.15) is 21.5 Å². The second-order valence-corrected chi connectivity index (χ2v) is 4.64. The monoisotopic (exact) mass is 274 g/mol. The lowest BCUT2D eigenvalue weighted by Crippen LogP contribution is -2.15. The number of hydrogen-bond donors (Lipinski definition) is 3. The normalized spacial score (nSPS) is 10.3. The van der Waals surface area contributed by atoms with E-state index in [1.165, 1.54) is 12.1 Å². The summed E-state index contributed by atoms with van der Waals surface area (Å²) in [6.07, 6.45) is 0. The van der Waals surface area contributed by atoms with Gasteiger partial charge in [-0.3, -0.25) is 4.79 Å². The summed E-state index contributed by atoms with van der Waals surface area (Å²) >= 11 is 0. The van der Waals surface area contributed by atoms with Crippen molar-refractivity contribution in [2.24, 2.45) is 0 Å². The summed E-state index contributed by atoms with van der Waals surface area (Å²) in [5.74, 6) is -0.742. The quantitative estimate of drug-likeness (QED) is 0.582. The SMILES string of the molecule is Cc1cc(NC(=O)c2ccc(F)cc2N)c(C)cc1O.